The largest absolute Gasteiger partial charge is 0.389 e. The zero-order valence-electron chi connectivity index (χ0n) is 8.07. The van der Waals surface area contributed by atoms with E-state index in [9.17, 15) is 18.0 Å². The molecule has 1 aliphatic heterocycles. The summed E-state index contributed by atoms with van der Waals surface area (Å²) < 4.78 is 35.6. The third-order valence-electron chi connectivity index (χ3n) is 2.25. The summed E-state index contributed by atoms with van der Waals surface area (Å²) in [6.45, 7) is 1.54. The maximum Gasteiger partial charge on any atom is 0.389 e. The highest BCUT2D eigenvalue weighted by Gasteiger charge is 2.40. The van der Waals surface area contributed by atoms with Crippen molar-refractivity contribution in [2.24, 2.45) is 0 Å². The van der Waals surface area contributed by atoms with E-state index in [4.69, 9.17) is 12.2 Å². The van der Waals surface area contributed by atoms with Crippen LogP contribution < -0.4 is 10.6 Å². The normalized spacial score (nSPS) is 26.4. The number of nitrogens with one attached hydrogen (secondary N) is 2. The third-order valence-corrected chi connectivity index (χ3v) is 2.46. The zero-order chi connectivity index (χ0) is 11.7. The Labute approximate surface area is 90.4 Å². The van der Waals surface area contributed by atoms with Gasteiger partial charge in [-0.2, -0.15) is 13.2 Å². The van der Waals surface area contributed by atoms with E-state index in [1.807, 2.05) is 0 Å². The van der Waals surface area contributed by atoms with Crippen LogP contribution in [-0.2, 0) is 4.79 Å². The molecule has 1 atom stereocenters. The van der Waals surface area contributed by atoms with Gasteiger partial charge in [-0.25, -0.2) is 0 Å². The number of hydrogen-bond donors (Lipinski definition) is 2. The lowest BCUT2D eigenvalue weighted by molar-refractivity contribution is -0.137. The molecule has 1 saturated heterocycles. The predicted octanol–water partition coefficient (Wildman–Crippen LogP) is 1.48. The Morgan fingerprint density at radius 3 is 2.47 bits per heavy atom. The number of rotatable bonds is 3. The molecule has 0 radical (unpaired) electrons. The molecule has 2 N–H and O–H groups in total. The third kappa shape index (κ3) is 3.33. The predicted molar refractivity (Wildman–Crippen MR) is 52.2 cm³/mol. The molecule has 1 fully saturated rings. The second-order valence-corrected chi connectivity index (χ2v) is 4.12. The number of alkyl halides is 3. The fraction of sp³-hybridized carbons (Fsp3) is 0.750. The van der Waals surface area contributed by atoms with Crippen molar-refractivity contribution in [2.45, 2.75) is 37.9 Å². The molecule has 1 aliphatic rings. The van der Waals surface area contributed by atoms with E-state index in [1.54, 1.807) is 0 Å². The maximum atomic E-state index is 11.9. The Morgan fingerprint density at radius 2 is 2.07 bits per heavy atom. The van der Waals surface area contributed by atoms with Crippen molar-refractivity contribution in [3.63, 3.8) is 0 Å². The van der Waals surface area contributed by atoms with Crippen LogP contribution in [0.3, 0.4) is 0 Å². The lowest BCUT2D eigenvalue weighted by Gasteiger charge is -2.21. The first-order chi connectivity index (χ1) is 6.73. The van der Waals surface area contributed by atoms with Crippen molar-refractivity contribution in [3.8, 4) is 0 Å². The summed E-state index contributed by atoms with van der Waals surface area (Å²) in [4.78, 5) is 11.3. The maximum absolute atomic E-state index is 11.9. The van der Waals surface area contributed by atoms with Crippen LogP contribution in [0.15, 0.2) is 0 Å². The van der Waals surface area contributed by atoms with Crippen LogP contribution in [-0.4, -0.2) is 22.7 Å². The SMILES string of the molecule is CC1(CCCC(F)(F)F)NC(=S)NC1=O. The molecular weight excluding hydrogens is 229 g/mol. The first kappa shape index (κ1) is 12.2. The van der Waals surface area contributed by atoms with Gasteiger partial charge in [-0.3, -0.25) is 4.79 Å². The smallest absolute Gasteiger partial charge is 0.348 e. The van der Waals surface area contributed by atoms with Crippen molar-refractivity contribution in [3.05, 3.63) is 0 Å². The Balaban J connectivity index is 2.44. The van der Waals surface area contributed by atoms with E-state index in [2.05, 4.69) is 10.6 Å². The fourth-order valence-corrected chi connectivity index (χ4v) is 1.72. The topological polar surface area (TPSA) is 41.1 Å². The molecule has 15 heavy (non-hydrogen) atoms. The highest BCUT2D eigenvalue weighted by Crippen LogP contribution is 2.25. The standard InChI is InChI=1S/C8H11F3N2OS/c1-7(3-2-4-8(9,10)11)5(14)12-6(15)13-7/h2-4H2,1H3,(H2,12,13,14,15). The second-order valence-electron chi connectivity index (χ2n) is 3.71. The number of carbonyl (C=O) groups is 1. The van der Waals surface area contributed by atoms with Gasteiger partial charge in [0.05, 0.1) is 0 Å². The Hall–Kier alpha value is -0.850. The molecule has 0 saturated carbocycles. The van der Waals surface area contributed by atoms with Crippen LogP contribution in [0.5, 0.6) is 0 Å². The molecule has 86 valence electrons. The zero-order valence-corrected chi connectivity index (χ0v) is 8.89. The van der Waals surface area contributed by atoms with Crippen molar-refractivity contribution in [2.75, 3.05) is 0 Å². The van der Waals surface area contributed by atoms with Gasteiger partial charge in [0, 0.05) is 6.42 Å². The molecule has 0 aromatic rings. The number of hydrogen-bond acceptors (Lipinski definition) is 2. The molecule has 0 aliphatic carbocycles. The highest BCUT2D eigenvalue weighted by molar-refractivity contribution is 7.80. The molecule has 0 aromatic heterocycles. The summed E-state index contributed by atoms with van der Waals surface area (Å²) >= 11 is 4.70. The minimum absolute atomic E-state index is 0.0942. The lowest BCUT2D eigenvalue weighted by Crippen LogP contribution is -2.43. The van der Waals surface area contributed by atoms with Crippen LogP contribution >= 0.6 is 12.2 Å². The van der Waals surface area contributed by atoms with Gasteiger partial charge in [-0.15, -0.1) is 0 Å². The first-order valence-electron chi connectivity index (χ1n) is 4.43. The van der Waals surface area contributed by atoms with E-state index in [0.29, 0.717) is 0 Å². The second kappa shape index (κ2) is 3.96. The van der Waals surface area contributed by atoms with E-state index in [1.165, 1.54) is 6.92 Å². The van der Waals surface area contributed by atoms with Gasteiger partial charge in [0.15, 0.2) is 5.11 Å². The monoisotopic (exact) mass is 240 g/mol. The lowest BCUT2D eigenvalue weighted by atomic mass is 9.95. The van der Waals surface area contributed by atoms with Gasteiger partial charge >= 0.3 is 6.18 Å². The minimum atomic E-state index is -4.17. The summed E-state index contributed by atoms with van der Waals surface area (Å²) in [5, 5.41) is 5.20. The van der Waals surface area contributed by atoms with Crippen LogP contribution in [0.2, 0.25) is 0 Å². The van der Waals surface area contributed by atoms with E-state index in [-0.39, 0.29) is 23.9 Å². The molecule has 1 rings (SSSR count). The average Bonchev–Trinajstić information content (AvgIpc) is 2.23. The molecule has 3 nitrogen and oxygen atoms in total. The summed E-state index contributed by atoms with van der Waals surface area (Å²) in [5.74, 6) is -0.366. The van der Waals surface area contributed by atoms with Gasteiger partial charge in [0.1, 0.15) is 5.54 Å². The summed E-state index contributed by atoms with van der Waals surface area (Å²) in [5.41, 5.74) is -0.998. The van der Waals surface area contributed by atoms with Crippen LogP contribution in [0.4, 0.5) is 13.2 Å². The van der Waals surface area contributed by atoms with Gasteiger partial charge in [-0.1, -0.05) is 0 Å². The van der Waals surface area contributed by atoms with Gasteiger partial charge in [0.25, 0.3) is 5.91 Å². The summed E-state index contributed by atoms with van der Waals surface area (Å²) in [6, 6.07) is 0. The quantitative estimate of drug-likeness (QED) is 0.734. The van der Waals surface area contributed by atoms with Gasteiger partial charge in [0.2, 0.25) is 0 Å². The van der Waals surface area contributed by atoms with E-state index >= 15 is 0 Å². The fourth-order valence-electron chi connectivity index (χ4n) is 1.40. The molecule has 1 unspecified atom stereocenters. The van der Waals surface area contributed by atoms with E-state index < -0.39 is 18.1 Å². The number of carbonyl (C=O) groups excluding carboxylic acids is 1. The number of thiocarbonyl (C=S) groups is 1. The molecule has 0 spiro atoms. The Bertz CT molecular complexity index is 292. The van der Waals surface area contributed by atoms with Crippen molar-refractivity contribution in [1.29, 1.82) is 0 Å². The molecule has 1 amide bonds. The van der Waals surface area contributed by atoms with Gasteiger partial charge in [-0.05, 0) is 32.0 Å². The molecular formula is C8H11F3N2OS. The summed E-state index contributed by atoms with van der Waals surface area (Å²) in [6.07, 6.45) is -5.04. The summed E-state index contributed by atoms with van der Waals surface area (Å²) in [7, 11) is 0. The molecule has 7 heteroatoms. The average molecular weight is 240 g/mol. The van der Waals surface area contributed by atoms with Crippen molar-refractivity contribution in [1.82, 2.24) is 10.6 Å². The number of halogens is 3. The van der Waals surface area contributed by atoms with Crippen molar-refractivity contribution < 1.29 is 18.0 Å². The van der Waals surface area contributed by atoms with Gasteiger partial charge < -0.3 is 10.6 Å². The van der Waals surface area contributed by atoms with E-state index in [0.717, 1.165) is 0 Å². The van der Waals surface area contributed by atoms with Crippen LogP contribution in [0, 0.1) is 0 Å². The molecule has 0 aromatic carbocycles. The Kier molecular flexibility index (Phi) is 3.22. The molecule has 1 heterocycles. The minimum Gasteiger partial charge on any atom is -0.348 e. The van der Waals surface area contributed by atoms with Crippen molar-refractivity contribution >= 4 is 23.2 Å². The Morgan fingerprint density at radius 1 is 1.47 bits per heavy atom. The number of amides is 1. The highest BCUT2D eigenvalue weighted by atomic mass is 32.1. The first-order valence-corrected chi connectivity index (χ1v) is 4.84. The molecule has 0 bridgehead atoms. The van der Waals surface area contributed by atoms with Crippen LogP contribution in [0.25, 0.3) is 0 Å². The van der Waals surface area contributed by atoms with Crippen LogP contribution in [0.1, 0.15) is 26.2 Å².